The van der Waals surface area contributed by atoms with E-state index in [9.17, 15) is 14.4 Å². The highest BCUT2D eigenvalue weighted by molar-refractivity contribution is 6.07. The van der Waals surface area contributed by atoms with Crippen molar-refractivity contribution in [3.63, 3.8) is 0 Å². The van der Waals surface area contributed by atoms with Gasteiger partial charge in [-0.05, 0) is 42.6 Å². The Bertz CT molecular complexity index is 939. The molecular formula is C22H26N4O3. The highest BCUT2D eigenvalue weighted by Crippen LogP contribution is 2.23. The highest BCUT2D eigenvalue weighted by Gasteiger charge is 2.44. The average molecular weight is 394 g/mol. The third kappa shape index (κ3) is 3.70. The molecule has 2 aromatic rings. The Labute approximate surface area is 169 Å². The fourth-order valence-corrected chi connectivity index (χ4v) is 4.26. The minimum atomic E-state index is -0.624. The van der Waals surface area contributed by atoms with Crippen LogP contribution < -0.4 is 11.1 Å². The van der Waals surface area contributed by atoms with Crippen molar-refractivity contribution in [3.05, 3.63) is 48.0 Å². The van der Waals surface area contributed by atoms with Gasteiger partial charge in [0.2, 0.25) is 11.8 Å². The molecule has 0 aromatic heterocycles. The van der Waals surface area contributed by atoms with Crippen LogP contribution >= 0.6 is 0 Å². The number of unbranched alkanes of at least 4 members (excludes halogenated alkanes) is 1. The lowest BCUT2D eigenvalue weighted by atomic mass is 9.99. The quantitative estimate of drug-likeness (QED) is 0.743. The lowest BCUT2D eigenvalue weighted by molar-refractivity contribution is -0.152. The lowest BCUT2D eigenvalue weighted by Crippen LogP contribution is -2.69. The van der Waals surface area contributed by atoms with E-state index in [2.05, 4.69) is 5.32 Å². The molecule has 2 aliphatic rings. The number of nitrogens with one attached hydrogen (secondary N) is 1. The molecule has 0 unspecified atom stereocenters. The van der Waals surface area contributed by atoms with Gasteiger partial charge in [0.1, 0.15) is 12.1 Å². The maximum atomic E-state index is 13.2. The SMILES string of the molecule is NCCCC[C@@H]1NC(=O)[C@H]2CN(C(=O)c3cccc4ccccc34)CCN2C1=O. The van der Waals surface area contributed by atoms with Crippen LogP contribution in [0.1, 0.15) is 29.6 Å². The van der Waals surface area contributed by atoms with E-state index in [-0.39, 0.29) is 24.3 Å². The molecule has 4 rings (SSSR count). The summed E-state index contributed by atoms with van der Waals surface area (Å²) >= 11 is 0. The summed E-state index contributed by atoms with van der Waals surface area (Å²) in [6.45, 7) is 1.59. The second-order valence-corrected chi connectivity index (χ2v) is 7.67. The molecule has 0 bridgehead atoms. The van der Waals surface area contributed by atoms with Gasteiger partial charge >= 0.3 is 0 Å². The van der Waals surface area contributed by atoms with Crippen LogP contribution in [0.4, 0.5) is 0 Å². The fraction of sp³-hybridized carbons (Fsp3) is 0.409. The number of rotatable bonds is 5. The van der Waals surface area contributed by atoms with Crippen molar-refractivity contribution in [1.29, 1.82) is 0 Å². The largest absolute Gasteiger partial charge is 0.342 e. The zero-order valence-corrected chi connectivity index (χ0v) is 16.3. The number of nitrogens with zero attached hydrogens (tertiary/aromatic N) is 2. The Morgan fingerprint density at radius 3 is 2.69 bits per heavy atom. The first-order valence-electron chi connectivity index (χ1n) is 10.2. The van der Waals surface area contributed by atoms with Crippen molar-refractivity contribution >= 4 is 28.5 Å². The monoisotopic (exact) mass is 394 g/mol. The Kier molecular flexibility index (Phi) is 5.49. The van der Waals surface area contributed by atoms with Crippen molar-refractivity contribution < 1.29 is 14.4 Å². The number of nitrogens with two attached hydrogens (primary N) is 1. The van der Waals surface area contributed by atoms with Crippen molar-refractivity contribution in [1.82, 2.24) is 15.1 Å². The molecule has 2 saturated heterocycles. The van der Waals surface area contributed by atoms with E-state index < -0.39 is 12.1 Å². The minimum Gasteiger partial charge on any atom is -0.342 e. The summed E-state index contributed by atoms with van der Waals surface area (Å²) in [6, 6.07) is 12.3. The second kappa shape index (κ2) is 8.21. The topological polar surface area (TPSA) is 95.7 Å². The number of hydrogen-bond donors (Lipinski definition) is 2. The van der Waals surface area contributed by atoms with Gasteiger partial charge in [-0.25, -0.2) is 0 Å². The number of carbonyl (C=O) groups is 3. The van der Waals surface area contributed by atoms with E-state index in [1.165, 1.54) is 0 Å². The number of amides is 3. The smallest absolute Gasteiger partial charge is 0.254 e. The van der Waals surface area contributed by atoms with E-state index in [0.29, 0.717) is 31.6 Å². The number of hydrogen-bond acceptors (Lipinski definition) is 4. The third-order valence-electron chi connectivity index (χ3n) is 5.83. The molecule has 152 valence electrons. The van der Waals surface area contributed by atoms with E-state index >= 15 is 0 Å². The zero-order chi connectivity index (χ0) is 20.4. The lowest BCUT2D eigenvalue weighted by Gasteiger charge is -2.45. The predicted octanol–water partition coefficient (Wildman–Crippen LogP) is 1.12. The standard InChI is InChI=1S/C22H26N4O3/c23-11-4-3-10-18-22(29)26-13-12-25(14-19(26)20(27)24-18)21(28)17-9-5-7-15-6-1-2-8-16(15)17/h1-2,5-9,18-19H,3-4,10-14,23H2,(H,24,27)/t18-,19+/m0/s1. The normalized spacial score (nSPS) is 21.8. The van der Waals surface area contributed by atoms with E-state index in [4.69, 9.17) is 5.73 Å². The van der Waals surface area contributed by atoms with Gasteiger partial charge < -0.3 is 20.9 Å². The zero-order valence-electron chi connectivity index (χ0n) is 16.3. The van der Waals surface area contributed by atoms with Crippen LogP contribution in [0.5, 0.6) is 0 Å². The van der Waals surface area contributed by atoms with Gasteiger partial charge in [0.15, 0.2) is 0 Å². The first-order valence-corrected chi connectivity index (χ1v) is 10.2. The maximum Gasteiger partial charge on any atom is 0.254 e. The summed E-state index contributed by atoms with van der Waals surface area (Å²) in [5, 5.41) is 4.74. The Morgan fingerprint density at radius 2 is 1.86 bits per heavy atom. The van der Waals surface area contributed by atoms with Crippen molar-refractivity contribution in [3.8, 4) is 0 Å². The van der Waals surface area contributed by atoms with Crippen LogP contribution in [0, 0.1) is 0 Å². The van der Waals surface area contributed by atoms with Gasteiger partial charge in [-0.3, -0.25) is 14.4 Å². The molecule has 2 atom stereocenters. The molecule has 3 N–H and O–H groups in total. The summed E-state index contributed by atoms with van der Waals surface area (Å²) in [5.41, 5.74) is 6.14. The molecule has 2 heterocycles. The molecule has 2 aliphatic heterocycles. The average Bonchev–Trinajstić information content (AvgIpc) is 2.76. The molecule has 0 saturated carbocycles. The van der Waals surface area contributed by atoms with E-state index in [0.717, 1.165) is 23.6 Å². The van der Waals surface area contributed by atoms with Crippen LogP contribution in [0.3, 0.4) is 0 Å². The van der Waals surface area contributed by atoms with E-state index in [1.54, 1.807) is 9.80 Å². The van der Waals surface area contributed by atoms with Crippen molar-refractivity contribution in [2.45, 2.75) is 31.3 Å². The molecule has 2 aromatic carbocycles. The first-order chi connectivity index (χ1) is 14.1. The van der Waals surface area contributed by atoms with E-state index in [1.807, 2.05) is 42.5 Å². The first kappa shape index (κ1) is 19.4. The number of fused-ring (bicyclic) bond motifs is 2. The van der Waals surface area contributed by atoms with Gasteiger partial charge in [0, 0.05) is 18.7 Å². The third-order valence-corrected chi connectivity index (χ3v) is 5.83. The Balaban J connectivity index is 1.49. The van der Waals surface area contributed by atoms with Crippen LogP contribution in [-0.2, 0) is 9.59 Å². The molecule has 0 aliphatic carbocycles. The summed E-state index contributed by atoms with van der Waals surface area (Å²) < 4.78 is 0. The van der Waals surface area contributed by atoms with Gasteiger partial charge in [-0.15, -0.1) is 0 Å². The number of piperazine rings is 2. The predicted molar refractivity (Wildman–Crippen MR) is 110 cm³/mol. The minimum absolute atomic E-state index is 0.0520. The molecule has 7 heteroatoms. The molecule has 3 amide bonds. The Morgan fingerprint density at radius 1 is 1.07 bits per heavy atom. The Hall–Kier alpha value is -2.93. The summed E-state index contributed by atoms with van der Waals surface area (Å²) in [5.74, 6) is -0.339. The van der Waals surface area contributed by atoms with Crippen molar-refractivity contribution in [2.75, 3.05) is 26.2 Å². The molecule has 2 fully saturated rings. The van der Waals surface area contributed by atoms with Crippen LogP contribution in [-0.4, -0.2) is 65.8 Å². The van der Waals surface area contributed by atoms with Crippen LogP contribution in [0.25, 0.3) is 10.8 Å². The molecule has 0 spiro atoms. The molecule has 29 heavy (non-hydrogen) atoms. The molecule has 7 nitrogen and oxygen atoms in total. The van der Waals surface area contributed by atoms with Gasteiger partial charge in [-0.2, -0.15) is 0 Å². The summed E-state index contributed by atoms with van der Waals surface area (Å²) in [7, 11) is 0. The molecule has 0 radical (unpaired) electrons. The van der Waals surface area contributed by atoms with Gasteiger partial charge in [0.25, 0.3) is 5.91 Å². The molecular weight excluding hydrogens is 368 g/mol. The second-order valence-electron chi connectivity index (χ2n) is 7.67. The summed E-state index contributed by atoms with van der Waals surface area (Å²) in [6.07, 6.45) is 2.23. The maximum absolute atomic E-state index is 13.2. The number of carbonyl (C=O) groups excluding carboxylic acids is 3. The fourth-order valence-electron chi connectivity index (χ4n) is 4.26. The van der Waals surface area contributed by atoms with Gasteiger partial charge in [0.05, 0.1) is 6.54 Å². The van der Waals surface area contributed by atoms with Crippen molar-refractivity contribution in [2.24, 2.45) is 5.73 Å². The highest BCUT2D eigenvalue weighted by atomic mass is 16.2. The number of benzene rings is 2. The van der Waals surface area contributed by atoms with Gasteiger partial charge in [-0.1, -0.05) is 36.4 Å². The van der Waals surface area contributed by atoms with Crippen LogP contribution in [0.2, 0.25) is 0 Å². The summed E-state index contributed by atoms with van der Waals surface area (Å²) in [4.78, 5) is 42.0. The van der Waals surface area contributed by atoms with Crippen LogP contribution in [0.15, 0.2) is 42.5 Å².